The van der Waals surface area contributed by atoms with Crippen molar-refractivity contribution in [1.82, 2.24) is 14.5 Å². The van der Waals surface area contributed by atoms with Crippen molar-refractivity contribution in [2.75, 3.05) is 11.6 Å². The Morgan fingerprint density at radius 3 is 1.61 bits per heavy atom. The fraction of sp³-hybridized carbons (Fsp3) is 0.0735. The van der Waals surface area contributed by atoms with E-state index in [0.29, 0.717) is 12.4 Å². The van der Waals surface area contributed by atoms with E-state index in [1.165, 1.54) is 10.9 Å². The Morgan fingerprint density at radius 2 is 0.986 bits per heavy atom. The first-order valence-electron chi connectivity index (χ1n) is 25.3. The van der Waals surface area contributed by atoms with Gasteiger partial charge in [-0.2, -0.15) is 0 Å². The third kappa shape index (κ3) is 7.88. The molecule has 356 valence electrons. The second-order valence-corrected chi connectivity index (χ2v) is 20.0. The van der Waals surface area contributed by atoms with Gasteiger partial charge in [-0.3, -0.25) is 9.47 Å². The number of fused-ring (bicyclic) bond motifs is 4. The van der Waals surface area contributed by atoms with Crippen LogP contribution in [0.25, 0.3) is 83.5 Å². The number of para-hydroxylation sites is 2. The lowest BCUT2D eigenvalue weighted by molar-refractivity contribution is 0.297. The van der Waals surface area contributed by atoms with Crippen molar-refractivity contribution >= 4 is 38.9 Å². The lowest BCUT2D eigenvalue weighted by Gasteiger charge is -2.30. The lowest BCUT2D eigenvalue weighted by Crippen LogP contribution is -2.27. The van der Waals surface area contributed by atoms with Gasteiger partial charge < -0.3 is 14.4 Å². The Hall–Kier alpha value is -9.39. The van der Waals surface area contributed by atoms with Crippen molar-refractivity contribution in [3.05, 3.63) is 272 Å². The maximum absolute atomic E-state index is 7.01. The zero-order chi connectivity index (χ0) is 49.8. The molecule has 9 aromatic carbocycles. The van der Waals surface area contributed by atoms with E-state index in [-0.39, 0.29) is 5.41 Å². The molecule has 74 heavy (non-hydrogen) atoms. The van der Waals surface area contributed by atoms with Crippen LogP contribution in [0, 0.1) is 0 Å². The number of nitrogens with zero attached hydrogens (tertiary/aromatic N) is 4. The first kappa shape index (κ1) is 44.5. The molecule has 2 aliphatic heterocycles. The lowest BCUT2D eigenvalue weighted by atomic mass is 9.88. The van der Waals surface area contributed by atoms with Gasteiger partial charge in [0.15, 0.2) is 0 Å². The summed E-state index contributed by atoms with van der Waals surface area (Å²) in [6.07, 6.45) is 3.82. The van der Waals surface area contributed by atoms with Gasteiger partial charge in [-0.1, -0.05) is 209 Å². The molecule has 0 N–H and O–H groups in total. The molecule has 0 bridgehead atoms. The molecular formula is C68H52N4O2. The summed E-state index contributed by atoms with van der Waals surface area (Å²) < 4.78 is 16.1. The fourth-order valence-corrected chi connectivity index (χ4v) is 10.8. The van der Waals surface area contributed by atoms with Crippen LogP contribution in [0.3, 0.4) is 0 Å². The van der Waals surface area contributed by atoms with Gasteiger partial charge in [-0.15, -0.1) is 0 Å². The molecule has 0 unspecified atom stereocenters. The molecule has 0 saturated carbocycles. The zero-order valence-corrected chi connectivity index (χ0v) is 41.5. The number of ether oxygens (including phenoxy) is 2. The molecule has 0 atom stereocenters. The number of hydrogen-bond donors (Lipinski definition) is 0. The normalized spacial score (nSPS) is 13.4. The first-order valence-corrected chi connectivity index (χ1v) is 25.3. The van der Waals surface area contributed by atoms with Crippen LogP contribution in [0.1, 0.15) is 37.5 Å². The molecule has 0 aliphatic carbocycles. The molecule has 2 aromatic heterocycles. The van der Waals surface area contributed by atoms with Crippen LogP contribution in [-0.4, -0.2) is 21.1 Å². The smallest absolute Gasteiger partial charge is 0.226 e. The molecule has 4 heterocycles. The molecular weight excluding hydrogens is 905 g/mol. The molecule has 0 radical (unpaired) electrons. The Bertz CT molecular complexity index is 3850. The van der Waals surface area contributed by atoms with Gasteiger partial charge in [0, 0.05) is 45.3 Å². The van der Waals surface area contributed by atoms with E-state index >= 15 is 0 Å². The third-order valence-corrected chi connectivity index (χ3v) is 14.4. The van der Waals surface area contributed by atoms with Gasteiger partial charge in [0.05, 0.1) is 22.4 Å². The quantitative estimate of drug-likeness (QED) is 0.137. The molecule has 0 spiro atoms. The average molecular weight is 957 g/mol. The predicted molar refractivity (Wildman–Crippen MR) is 304 cm³/mol. The minimum atomic E-state index is -0.0312. The van der Waals surface area contributed by atoms with Crippen LogP contribution < -0.4 is 9.64 Å². The summed E-state index contributed by atoms with van der Waals surface area (Å²) >= 11 is 0. The zero-order valence-electron chi connectivity index (χ0n) is 41.5. The Balaban J connectivity index is 0.955. The maximum Gasteiger partial charge on any atom is 0.226 e. The van der Waals surface area contributed by atoms with Crippen LogP contribution in [0.15, 0.2) is 255 Å². The van der Waals surface area contributed by atoms with E-state index in [1.54, 1.807) is 0 Å². The number of pyridine rings is 1. The average Bonchev–Trinajstić information content (AvgIpc) is 4.16. The van der Waals surface area contributed by atoms with Gasteiger partial charge >= 0.3 is 0 Å². The molecule has 13 rings (SSSR count). The Kier molecular flexibility index (Phi) is 11.0. The standard InChI is InChI=1S/C68H52N4O2/c1-68(2,3)51-39-40-69-63(42-51)72-60-36-17-16-31-58(60)59-38-37-53(43-61(59)72)74-52-30-18-29-50(41-52)62-44-73-67-66(64-54(46-21-8-4-9-22-46)32-19-33-55(64)47-23-10-5-11-24-47)71(45-70(62)67)65-56(48-25-12-6-13-26-48)34-20-35-57(65)49-27-14-7-15-28-49/h4-44H,45H2,1-3H3. The highest BCUT2D eigenvalue weighted by Crippen LogP contribution is 2.52. The van der Waals surface area contributed by atoms with E-state index in [9.17, 15) is 0 Å². The number of anilines is 1. The van der Waals surface area contributed by atoms with Crippen LogP contribution in [0.4, 0.5) is 5.69 Å². The maximum atomic E-state index is 7.01. The van der Waals surface area contributed by atoms with E-state index in [2.05, 4.69) is 266 Å². The van der Waals surface area contributed by atoms with Crippen molar-refractivity contribution in [2.45, 2.75) is 26.2 Å². The van der Waals surface area contributed by atoms with Gasteiger partial charge in [0.2, 0.25) is 5.88 Å². The largest absolute Gasteiger partial charge is 0.457 e. The van der Waals surface area contributed by atoms with Crippen LogP contribution in [0.2, 0.25) is 0 Å². The van der Waals surface area contributed by atoms with Crippen molar-refractivity contribution in [1.29, 1.82) is 0 Å². The highest BCUT2D eigenvalue weighted by molar-refractivity contribution is 6.09. The highest BCUT2D eigenvalue weighted by Gasteiger charge is 2.42. The number of hydrogen-bond acceptors (Lipinski definition) is 5. The predicted octanol–water partition coefficient (Wildman–Crippen LogP) is 17.4. The molecule has 2 aliphatic rings. The van der Waals surface area contributed by atoms with Crippen LogP contribution in [-0.2, 0) is 10.2 Å². The van der Waals surface area contributed by atoms with Gasteiger partial charge in [0.1, 0.15) is 35.9 Å². The van der Waals surface area contributed by atoms with Crippen LogP contribution >= 0.6 is 0 Å². The monoisotopic (exact) mass is 956 g/mol. The molecule has 0 saturated heterocycles. The van der Waals surface area contributed by atoms with Gasteiger partial charge in [-0.25, -0.2) is 4.98 Å². The number of aromatic nitrogens is 2. The summed E-state index contributed by atoms with van der Waals surface area (Å²) in [5, 5.41) is 2.31. The molecule has 6 nitrogen and oxygen atoms in total. The van der Waals surface area contributed by atoms with Crippen molar-refractivity contribution in [3.63, 3.8) is 0 Å². The first-order chi connectivity index (χ1) is 36.4. The minimum absolute atomic E-state index is 0.0312. The second kappa shape index (κ2) is 18.3. The SMILES string of the molecule is CC(C)(C)c1ccnc(-n2c3ccccc3c3ccc(Oc4cccc(C5=COC6=C(c7c(-c8ccccc8)cccc7-c7ccccc7)N(c7c(-c8ccccc8)cccc7-c7ccccc7)CN56)c4)cc32)c1. The van der Waals surface area contributed by atoms with E-state index in [4.69, 9.17) is 14.5 Å². The van der Waals surface area contributed by atoms with Gasteiger partial charge in [-0.05, 0) is 86.8 Å². The van der Waals surface area contributed by atoms with E-state index < -0.39 is 0 Å². The van der Waals surface area contributed by atoms with Crippen molar-refractivity contribution in [3.8, 4) is 61.8 Å². The topological polar surface area (TPSA) is 42.8 Å². The Labute approximate surface area is 432 Å². The summed E-state index contributed by atoms with van der Waals surface area (Å²) in [6.45, 7) is 7.19. The molecule has 0 fully saturated rings. The van der Waals surface area contributed by atoms with Crippen molar-refractivity contribution in [2.24, 2.45) is 0 Å². The number of rotatable bonds is 10. The summed E-state index contributed by atoms with van der Waals surface area (Å²) in [5.41, 5.74) is 17.4. The highest BCUT2D eigenvalue weighted by atomic mass is 16.5. The molecule has 6 heteroatoms. The summed E-state index contributed by atoms with van der Waals surface area (Å²) in [4.78, 5) is 9.73. The molecule has 11 aromatic rings. The molecule has 0 amide bonds. The summed E-state index contributed by atoms with van der Waals surface area (Å²) in [6, 6.07) is 83.8. The minimum Gasteiger partial charge on any atom is -0.457 e. The Morgan fingerprint density at radius 1 is 0.459 bits per heavy atom. The van der Waals surface area contributed by atoms with E-state index in [1.807, 2.05) is 18.5 Å². The van der Waals surface area contributed by atoms with Gasteiger partial charge in [0.25, 0.3) is 0 Å². The summed E-state index contributed by atoms with van der Waals surface area (Å²) in [7, 11) is 0. The third-order valence-electron chi connectivity index (χ3n) is 14.4. The fourth-order valence-electron chi connectivity index (χ4n) is 10.8. The number of benzene rings is 9. The van der Waals surface area contributed by atoms with E-state index in [0.717, 1.165) is 107 Å². The van der Waals surface area contributed by atoms with Crippen molar-refractivity contribution < 1.29 is 9.47 Å². The summed E-state index contributed by atoms with van der Waals surface area (Å²) in [5.74, 6) is 3.09. The van der Waals surface area contributed by atoms with Crippen LogP contribution in [0.5, 0.6) is 11.5 Å². The second-order valence-electron chi connectivity index (χ2n) is 20.0.